The van der Waals surface area contributed by atoms with Crippen LogP contribution in [0.4, 0.5) is 19.4 Å². The molecule has 2 amide bonds. The van der Waals surface area contributed by atoms with Gasteiger partial charge in [-0.3, -0.25) is 0 Å². The molecule has 288 valence electrons. The number of halogens is 2. The molecule has 4 atom stereocenters. The Hall–Kier alpha value is -5.47. The number of urea groups is 1. The van der Waals surface area contributed by atoms with E-state index in [-0.39, 0.29) is 74.3 Å². The molecule has 2 N–H and O–H groups in total. The van der Waals surface area contributed by atoms with Crippen LogP contribution >= 0.6 is 0 Å². The Morgan fingerprint density at radius 1 is 1.05 bits per heavy atom. The number of pyridine rings is 1. The molecule has 0 spiro atoms. The number of fused-ring (bicyclic) bond motifs is 5. The number of likely N-dealkylation sites (tertiary alicyclic amines) is 1. The number of piperidine rings is 1. The first kappa shape index (κ1) is 35.0. The number of methoxy groups -OCH3 is 1. The molecule has 6 aliphatic rings. The number of hydrogen-bond acceptors (Lipinski definition) is 10. The maximum absolute atomic E-state index is 17.4. The molecule has 3 aliphatic carbocycles. The molecule has 0 radical (unpaired) electrons. The van der Waals surface area contributed by atoms with Crippen molar-refractivity contribution in [2.45, 2.75) is 69.0 Å². The quantitative estimate of drug-likeness (QED) is 0.203. The van der Waals surface area contributed by atoms with E-state index in [2.05, 4.69) is 32.2 Å². The largest absolute Gasteiger partial charge is 0.508 e. The zero-order valence-electron chi connectivity index (χ0n) is 31.2. The molecule has 3 saturated heterocycles. The van der Waals surface area contributed by atoms with Crippen LogP contribution in [-0.4, -0.2) is 100.0 Å². The Morgan fingerprint density at radius 3 is 2.45 bits per heavy atom. The summed E-state index contributed by atoms with van der Waals surface area (Å²) in [5.74, 6) is 2.73. The highest BCUT2D eigenvalue weighted by Crippen LogP contribution is 2.51. The lowest BCUT2D eigenvalue weighted by Gasteiger charge is -2.44. The molecular formula is C42H42F2N8O4. The Bertz CT molecular complexity index is 2380. The molecule has 2 bridgehead atoms. The summed E-state index contributed by atoms with van der Waals surface area (Å²) in [7, 11) is 1.42. The topological polar surface area (TPSA) is 140 Å². The summed E-state index contributed by atoms with van der Waals surface area (Å²) in [5, 5.41) is 24.4. The van der Waals surface area contributed by atoms with E-state index in [4.69, 9.17) is 20.9 Å². The average Bonchev–Trinajstić information content (AvgIpc) is 4.06. The number of phenols is 1. The van der Waals surface area contributed by atoms with Gasteiger partial charge in [-0.1, -0.05) is 12.0 Å². The number of amides is 2. The molecule has 56 heavy (non-hydrogen) atoms. The number of carbonyl (C=O) groups is 1. The minimum absolute atomic E-state index is 0.00531. The fourth-order valence-corrected chi connectivity index (χ4v) is 9.79. The second-order valence-electron chi connectivity index (χ2n) is 16.9. The first-order chi connectivity index (χ1) is 27.1. The number of piperazine rings is 1. The van der Waals surface area contributed by atoms with Crippen LogP contribution in [0, 0.1) is 52.6 Å². The van der Waals surface area contributed by atoms with Gasteiger partial charge in [0.15, 0.2) is 5.82 Å². The Morgan fingerprint density at radius 2 is 1.80 bits per heavy atom. The van der Waals surface area contributed by atoms with E-state index in [0.29, 0.717) is 43.7 Å². The highest BCUT2D eigenvalue weighted by molar-refractivity contribution is 6.04. The van der Waals surface area contributed by atoms with Crippen molar-refractivity contribution < 1.29 is 28.2 Å². The molecule has 4 unspecified atom stereocenters. The fraction of sp³-hybridized carbons (Fsp3) is 0.500. The highest BCUT2D eigenvalue weighted by Gasteiger charge is 2.51. The third-order valence-corrected chi connectivity index (χ3v) is 13.2. The van der Waals surface area contributed by atoms with Crippen molar-refractivity contribution in [1.82, 2.24) is 30.1 Å². The molecule has 3 saturated carbocycles. The first-order valence-electron chi connectivity index (χ1n) is 19.6. The molecular weight excluding hydrogens is 719 g/mol. The first-order valence-corrected chi connectivity index (χ1v) is 19.6. The van der Waals surface area contributed by atoms with Gasteiger partial charge < -0.3 is 34.6 Å². The molecule has 12 nitrogen and oxygen atoms in total. The number of nitrogens with one attached hydrogen (secondary N) is 1. The number of carbonyl (C=O) groups excluding carboxylic acids is 1. The van der Waals surface area contributed by atoms with Gasteiger partial charge in [0.05, 0.1) is 37.4 Å². The maximum Gasteiger partial charge on any atom is 0.319 e. The monoisotopic (exact) mass is 760 g/mol. The van der Waals surface area contributed by atoms with Crippen LogP contribution < -0.4 is 19.7 Å². The van der Waals surface area contributed by atoms with Gasteiger partial charge in [0.25, 0.3) is 0 Å². The number of aromatic hydroxyl groups is 1. The number of ether oxygens (including phenoxy) is 2. The van der Waals surface area contributed by atoms with E-state index < -0.39 is 17.2 Å². The van der Waals surface area contributed by atoms with Gasteiger partial charge >= 0.3 is 12.0 Å². The lowest BCUT2D eigenvalue weighted by molar-refractivity contribution is 0.143. The molecule has 2 aromatic heterocycles. The molecule has 4 aromatic rings. The number of rotatable bonds is 9. The average molecular weight is 761 g/mol. The van der Waals surface area contributed by atoms with Crippen molar-refractivity contribution in [3.63, 3.8) is 0 Å². The summed E-state index contributed by atoms with van der Waals surface area (Å²) in [6, 6.07) is 7.12. The van der Waals surface area contributed by atoms with Gasteiger partial charge in [-0.25, -0.2) is 18.6 Å². The number of phenolic OH excluding ortho intramolecular Hbond substituents is 1. The van der Waals surface area contributed by atoms with Crippen LogP contribution in [-0.2, 0) is 0 Å². The van der Waals surface area contributed by atoms with Crippen LogP contribution in [0.2, 0.25) is 0 Å². The molecule has 10 rings (SSSR count). The summed E-state index contributed by atoms with van der Waals surface area (Å²) in [6.07, 6.45) is 12.8. The van der Waals surface area contributed by atoms with Crippen molar-refractivity contribution in [1.29, 1.82) is 5.26 Å². The summed E-state index contributed by atoms with van der Waals surface area (Å²) in [6.45, 7) is 4.36. The van der Waals surface area contributed by atoms with Gasteiger partial charge in [-0.2, -0.15) is 15.2 Å². The number of nitriles is 1. The SMILES string of the molecule is C#Cc1c(F)ccc2cc(O)cc(-c3nc(OC)c4c(N5CC6CCC(C5)N6C(=O)NC5(C#N)CCC5)nc(OCC5(CN6CC7CC7C6)CC5)nc4c3F)c12. The summed E-state index contributed by atoms with van der Waals surface area (Å²) < 4.78 is 44.7. The van der Waals surface area contributed by atoms with E-state index in [1.54, 1.807) is 0 Å². The second kappa shape index (κ2) is 12.8. The molecule has 3 aliphatic heterocycles. The minimum Gasteiger partial charge on any atom is -0.508 e. The Balaban J connectivity index is 1.06. The molecule has 6 fully saturated rings. The van der Waals surface area contributed by atoms with Gasteiger partial charge in [0.1, 0.15) is 39.5 Å². The lowest BCUT2D eigenvalue weighted by atomic mass is 9.78. The second-order valence-corrected chi connectivity index (χ2v) is 16.9. The van der Waals surface area contributed by atoms with E-state index in [0.717, 1.165) is 63.6 Å². The summed E-state index contributed by atoms with van der Waals surface area (Å²) >= 11 is 0. The predicted molar refractivity (Wildman–Crippen MR) is 203 cm³/mol. The van der Waals surface area contributed by atoms with E-state index >= 15 is 8.78 Å². The third kappa shape index (κ3) is 5.71. The van der Waals surface area contributed by atoms with Crippen LogP contribution in [0.15, 0.2) is 24.3 Å². The zero-order chi connectivity index (χ0) is 38.5. The van der Waals surface area contributed by atoms with Crippen molar-refractivity contribution in [2.75, 3.05) is 51.3 Å². The van der Waals surface area contributed by atoms with Crippen molar-refractivity contribution >= 4 is 33.5 Å². The normalized spacial score (nSPS) is 25.3. The molecule has 14 heteroatoms. The number of hydrogen-bond donors (Lipinski definition) is 2. The van der Waals surface area contributed by atoms with Gasteiger partial charge in [-0.15, -0.1) is 6.42 Å². The summed E-state index contributed by atoms with van der Waals surface area (Å²) in [4.78, 5) is 34.3. The van der Waals surface area contributed by atoms with Crippen molar-refractivity contribution in [3.05, 3.63) is 41.5 Å². The molecule has 5 heterocycles. The predicted octanol–water partition coefficient (Wildman–Crippen LogP) is 5.74. The number of nitrogens with zero attached hydrogens (tertiary/aromatic N) is 7. The zero-order valence-corrected chi connectivity index (χ0v) is 31.2. The number of anilines is 1. The van der Waals surface area contributed by atoms with Crippen LogP contribution in [0.3, 0.4) is 0 Å². The third-order valence-electron chi connectivity index (χ3n) is 13.2. The number of benzene rings is 2. The number of aromatic nitrogens is 3. The standard InChI is InChI=1S/C42H42F2N8O4/c1-3-29-31(43)8-5-23-14-28(53)15-30(32(23)29)35-34(44)36-33(38(46-35)55-2)37(48-39(47-36)56-22-41(11-12-41)21-50-16-24-13-25(24)17-50)51-18-26-6-7-27(19-51)52(26)40(54)49-42(20-45)9-4-10-42/h1,5,8,14-15,24-27,53H,4,6-7,9-13,16-19,21-22H2,2H3,(H,49,54). The van der Waals surface area contributed by atoms with E-state index in [1.165, 1.54) is 37.8 Å². The number of terminal acetylenes is 1. The summed E-state index contributed by atoms with van der Waals surface area (Å²) in [5.41, 5.74) is -1.20. The van der Waals surface area contributed by atoms with Gasteiger partial charge in [0.2, 0.25) is 5.88 Å². The maximum atomic E-state index is 17.4. The highest BCUT2D eigenvalue weighted by atomic mass is 19.1. The van der Waals surface area contributed by atoms with E-state index in [1.807, 2.05) is 9.80 Å². The van der Waals surface area contributed by atoms with Gasteiger partial charge in [0, 0.05) is 49.1 Å². The van der Waals surface area contributed by atoms with Crippen LogP contribution in [0.5, 0.6) is 17.6 Å². The fourth-order valence-electron chi connectivity index (χ4n) is 9.79. The Labute approximate surface area is 322 Å². The van der Waals surface area contributed by atoms with Crippen LogP contribution in [0.1, 0.15) is 56.9 Å². The van der Waals surface area contributed by atoms with Crippen LogP contribution in [0.25, 0.3) is 32.9 Å². The van der Waals surface area contributed by atoms with Crippen molar-refractivity contribution in [2.24, 2.45) is 17.3 Å². The Kier molecular flexibility index (Phi) is 7.98. The van der Waals surface area contributed by atoms with Crippen molar-refractivity contribution in [3.8, 4) is 47.3 Å². The smallest absolute Gasteiger partial charge is 0.319 e. The lowest BCUT2D eigenvalue weighted by Crippen LogP contribution is -2.63. The minimum atomic E-state index is -0.839. The molecule has 2 aromatic carbocycles. The van der Waals surface area contributed by atoms with Gasteiger partial charge in [-0.05, 0) is 86.8 Å². The van der Waals surface area contributed by atoms with E-state index in [9.17, 15) is 15.2 Å².